The maximum atomic E-state index is 9.44. The molecule has 2 aromatic heterocycles. The Bertz CT molecular complexity index is 2230. The SMILES string of the molecule is CC(C)=O.N=c1sn(-c2cc(Cl)cc(Cl)c2)c(=N)n1-c1cc(Cl)cc(Cl)c1.N=c1sn(-c2cc(Cl)cc(Cl)c2)c(=N)n1-c1cc(Cl)cc(Cl)c1. The highest BCUT2D eigenvalue weighted by Crippen LogP contribution is 2.25. The molecule has 4 N–H and O–H groups in total. The molecule has 0 unspecified atom stereocenters. The van der Waals surface area contributed by atoms with Crippen LogP contribution in [0.3, 0.4) is 0 Å². The van der Waals surface area contributed by atoms with Gasteiger partial charge in [0.1, 0.15) is 5.78 Å². The number of benzene rings is 4. The number of aromatic nitrogens is 4. The van der Waals surface area contributed by atoms with Crippen molar-refractivity contribution in [2.45, 2.75) is 13.8 Å². The highest BCUT2D eigenvalue weighted by molar-refractivity contribution is 7.04. The average Bonchev–Trinajstić information content (AvgIpc) is 3.44. The molecule has 9 nitrogen and oxygen atoms in total. The van der Waals surface area contributed by atoms with E-state index in [2.05, 4.69) is 0 Å². The number of ketones is 1. The molecule has 4 aromatic carbocycles. The number of rotatable bonds is 4. The highest BCUT2D eigenvalue weighted by Gasteiger charge is 2.13. The normalized spacial score (nSPS) is 10.6. The molecule has 6 rings (SSSR count). The van der Waals surface area contributed by atoms with Gasteiger partial charge < -0.3 is 4.79 Å². The minimum atomic E-state index is 0.0664. The predicted octanol–water partition coefficient (Wildman–Crippen LogP) is 10.4. The number of hydrogen-bond acceptors (Lipinski definition) is 7. The number of nitrogens with zero attached hydrogens (tertiary/aromatic N) is 4. The first-order chi connectivity index (χ1) is 23.4. The fourth-order valence-corrected chi connectivity index (χ4v) is 7.90. The zero-order chi connectivity index (χ0) is 37.0. The zero-order valence-corrected chi connectivity index (χ0v) is 33.1. The van der Waals surface area contributed by atoms with Crippen LogP contribution in [0.1, 0.15) is 13.8 Å². The fraction of sp³-hybridized carbons (Fsp3) is 0.0645. The molecule has 0 amide bonds. The average molecular weight is 870 g/mol. The van der Waals surface area contributed by atoms with E-state index in [0.29, 0.717) is 62.9 Å². The molecule has 0 radical (unpaired) electrons. The molecular formula is C31H22Cl8N8OS2. The first kappa shape index (κ1) is 40.0. The van der Waals surface area contributed by atoms with E-state index < -0.39 is 0 Å². The number of Topliss-reactive ketones (excluding diaryl/α,β-unsaturated/α-hetero) is 1. The lowest BCUT2D eigenvalue weighted by Gasteiger charge is -2.05. The van der Waals surface area contributed by atoms with Crippen LogP contribution < -0.4 is 20.8 Å². The minimum Gasteiger partial charge on any atom is -0.300 e. The minimum absolute atomic E-state index is 0.0664. The first-order valence-electron chi connectivity index (χ1n) is 13.7. The van der Waals surface area contributed by atoms with Crippen LogP contribution in [0, 0.1) is 21.6 Å². The van der Waals surface area contributed by atoms with Gasteiger partial charge in [-0.1, -0.05) is 92.8 Å². The Kier molecular flexibility index (Phi) is 13.7. The van der Waals surface area contributed by atoms with E-state index >= 15 is 0 Å². The van der Waals surface area contributed by atoms with Crippen molar-refractivity contribution in [1.82, 2.24) is 17.0 Å². The molecule has 0 saturated carbocycles. The second kappa shape index (κ2) is 17.1. The van der Waals surface area contributed by atoms with Crippen molar-refractivity contribution in [3.63, 3.8) is 0 Å². The smallest absolute Gasteiger partial charge is 0.223 e. The van der Waals surface area contributed by atoms with Gasteiger partial charge in [-0.15, -0.1) is 0 Å². The van der Waals surface area contributed by atoms with Crippen molar-refractivity contribution in [1.29, 1.82) is 21.6 Å². The highest BCUT2D eigenvalue weighted by atomic mass is 35.5. The zero-order valence-electron chi connectivity index (χ0n) is 25.5. The molecule has 0 aliphatic rings. The molecular weight excluding hydrogens is 848 g/mol. The summed E-state index contributed by atoms with van der Waals surface area (Å²) in [5, 5.41) is 36.6. The summed E-state index contributed by atoms with van der Waals surface area (Å²) in [6.45, 7) is 3.06. The van der Waals surface area contributed by atoms with Crippen LogP contribution >= 0.6 is 116 Å². The standard InChI is InChI=1S/2C14H8Cl4N4S.C3H6O/c2*15-7-1-8(16)4-11(3-7)21-13(19)22(23-14(21)20)12-5-9(17)2-10(18)6-12;1-3(2)4/h2*1-6,19-20H;1-2H3. The summed E-state index contributed by atoms with van der Waals surface area (Å²) < 4.78 is 5.96. The molecule has 0 saturated heterocycles. The van der Waals surface area contributed by atoms with Crippen molar-refractivity contribution in [3.8, 4) is 22.7 Å². The monoisotopic (exact) mass is 866 g/mol. The second-order valence-electron chi connectivity index (χ2n) is 10.1. The van der Waals surface area contributed by atoms with Gasteiger partial charge in [0.15, 0.2) is 0 Å². The molecule has 0 bridgehead atoms. The van der Waals surface area contributed by atoms with E-state index in [1.807, 2.05) is 0 Å². The van der Waals surface area contributed by atoms with Crippen LogP contribution in [0.4, 0.5) is 0 Å². The van der Waals surface area contributed by atoms with E-state index in [0.717, 1.165) is 23.1 Å². The largest absolute Gasteiger partial charge is 0.300 e. The Labute approximate surface area is 332 Å². The summed E-state index contributed by atoms with van der Waals surface area (Å²) in [5.41, 5.74) is 2.44. The Morgan fingerprint density at radius 1 is 0.440 bits per heavy atom. The van der Waals surface area contributed by atoms with Crippen LogP contribution in [0.15, 0.2) is 72.8 Å². The third-order valence-corrected chi connectivity index (χ3v) is 9.53. The van der Waals surface area contributed by atoms with Gasteiger partial charge in [0.25, 0.3) is 0 Å². The van der Waals surface area contributed by atoms with Gasteiger partial charge in [-0.05, 0) is 110 Å². The van der Waals surface area contributed by atoms with Gasteiger partial charge in [-0.3, -0.25) is 30.8 Å². The van der Waals surface area contributed by atoms with Gasteiger partial charge in [-0.2, -0.15) is 0 Å². The lowest BCUT2D eigenvalue weighted by Crippen LogP contribution is -2.27. The van der Waals surface area contributed by atoms with Crippen molar-refractivity contribution < 1.29 is 4.79 Å². The third-order valence-electron chi connectivity index (χ3n) is 5.94. The van der Waals surface area contributed by atoms with E-state index in [1.54, 1.807) is 80.7 Å². The first-order valence-corrected chi connectivity index (χ1v) is 18.2. The fourth-order valence-electron chi connectivity index (χ4n) is 4.19. The van der Waals surface area contributed by atoms with Crippen molar-refractivity contribution in [2.75, 3.05) is 0 Å². The maximum Gasteiger partial charge on any atom is 0.223 e. The van der Waals surface area contributed by atoms with Crippen LogP contribution in [-0.4, -0.2) is 22.8 Å². The number of halogens is 8. The molecule has 0 atom stereocenters. The van der Waals surface area contributed by atoms with Crippen molar-refractivity contribution in [2.24, 2.45) is 0 Å². The van der Waals surface area contributed by atoms with Crippen LogP contribution in [0.5, 0.6) is 0 Å². The van der Waals surface area contributed by atoms with Crippen LogP contribution in [-0.2, 0) is 4.79 Å². The van der Waals surface area contributed by atoms with Crippen molar-refractivity contribution in [3.05, 3.63) is 134 Å². The molecule has 0 aliphatic heterocycles. The molecule has 0 aliphatic carbocycles. The van der Waals surface area contributed by atoms with Crippen LogP contribution in [0.25, 0.3) is 22.7 Å². The molecule has 6 aromatic rings. The van der Waals surface area contributed by atoms with E-state index in [4.69, 9.17) is 114 Å². The number of hydrogen-bond donors (Lipinski definition) is 4. The number of carbonyl (C=O) groups excluding carboxylic acids is 1. The molecule has 19 heteroatoms. The summed E-state index contributed by atoms with van der Waals surface area (Å²) in [7, 11) is 0. The Balaban J connectivity index is 0.000000203. The summed E-state index contributed by atoms with van der Waals surface area (Å²) >= 11 is 50.3. The van der Waals surface area contributed by atoms with Gasteiger partial charge in [0, 0.05) is 40.2 Å². The quantitative estimate of drug-likeness (QED) is 0.138. The van der Waals surface area contributed by atoms with E-state index in [-0.39, 0.29) is 26.6 Å². The third kappa shape index (κ3) is 10.2. The summed E-state index contributed by atoms with van der Waals surface area (Å²) in [6.07, 6.45) is 0. The summed E-state index contributed by atoms with van der Waals surface area (Å²) in [6, 6.07) is 19.7. The predicted molar refractivity (Wildman–Crippen MR) is 206 cm³/mol. The number of carbonyl (C=O) groups is 1. The molecule has 2 heterocycles. The Morgan fingerprint density at radius 3 is 0.860 bits per heavy atom. The summed E-state index contributed by atoms with van der Waals surface area (Å²) in [4.78, 5) is 9.73. The van der Waals surface area contributed by atoms with Gasteiger partial charge >= 0.3 is 0 Å². The Hall–Kier alpha value is -2.81. The molecule has 260 valence electrons. The molecule has 0 spiro atoms. The lowest BCUT2D eigenvalue weighted by atomic mass is 10.3. The summed E-state index contributed by atoms with van der Waals surface area (Å²) in [5.74, 6) is 0.167. The topological polar surface area (TPSA) is 132 Å². The maximum absolute atomic E-state index is 9.44. The molecule has 0 fully saturated rings. The van der Waals surface area contributed by atoms with Gasteiger partial charge in [0.2, 0.25) is 20.8 Å². The Morgan fingerprint density at radius 2 is 0.640 bits per heavy atom. The van der Waals surface area contributed by atoms with Crippen LogP contribution in [0.2, 0.25) is 40.2 Å². The van der Waals surface area contributed by atoms with Crippen molar-refractivity contribution >= 4 is 122 Å². The lowest BCUT2D eigenvalue weighted by molar-refractivity contribution is -0.115. The van der Waals surface area contributed by atoms with Gasteiger partial charge in [0.05, 0.1) is 22.7 Å². The number of nitrogens with one attached hydrogen (secondary N) is 4. The molecule has 50 heavy (non-hydrogen) atoms. The second-order valence-corrected chi connectivity index (χ2v) is 15.5. The van der Waals surface area contributed by atoms with E-state index in [1.165, 1.54) is 23.0 Å². The van der Waals surface area contributed by atoms with E-state index in [9.17, 15) is 4.79 Å². The van der Waals surface area contributed by atoms with Gasteiger partial charge in [-0.25, -0.2) is 7.91 Å².